The molecular weight excluding hydrogens is 796 g/mol. The van der Waals surface area contributed by atoms with Crippen LogP contribution in [0.2, 0.25) is 0 Å². The van der Waals surface area contributed by atoms with Crippen molar-refractivity contribution in [2.75, 3.05) is 6.35 Å². The Morgan fingerprint density at radius 1 is 0.413 bits per heavy atom. The average Bonchev–Trinajstić information content (AvgIpc) is 3.20. The Hall–Kier alpha value is -5.25. The van der Waals surface area contributed by atoms with Crippen LogP contribution in [0.4, 0.5) is 0 Å². The summed E-state index contributed by atoms with van der Waals surface area (Å²) in [6.45, 7) is 26.2. The summed E-state index contributed by atoms with van der Waals surface area (Å²) in [6.07, 6.45) is 1.18. The average molecular weight is 863 g/mol. The predicted molar refractivity (Wildman–Crippen MR) is 262 cm³/mol. The van der Waals surface area contributed by atoms with Crippen molar-refractivity contribution in [1.29, 1.82) is 0 Å². The van der Waals surface area contributed by atoms with Crippen molar-refractivity contribution in [3.8, 4) is 23.0 Å². The van der Waals surface area contributed by atoms with Gasteiger partial charge >= 0.3 is 0 Å². The Balaban J connectivity index is 1.55. The maximum absolute atomic E-state index is 15.5. The molecule has 0 heterocycles. The van der Waals surface area contributed by atoms with Crippen molar-refractivity contribution in [2.24, 2.45) is 0 Å². The van der Waals surface area contributed by atoms with Gasteiger partial charge in [-0.3, -0.25) is 0 Å². The Bertz CT molecular complexity index is 2540. The van der Waals surface area contributed by atoms with Crippen LogP contribution >= 0.6 is 7.14 Å². The van der Waals surface area contributed by atoms with Crippen molar-refractivity contribution in [3.63, 3.8) is 0 Å². The maximum atomic E-state index is 15.5. The number of hydrogen-bond acceptors (Lipinski definition) is 5. The molecule has 0 unspecified atom stereocenters. The molecule has 1 aliphatic carbocycles. The normalized spacial score (nSPS) is 13.8. The van der Waals surface area contributed by atoms with E-state index >= 15 is 4.57 Å². The molecule has 6 aromatic rings. The number of ether oxygens (including phenoxy) is 1. The topological polar surface area (TPSA) is 87.0 Å². The molecule has 8 bridgehead atoms. The van der Waals surface area contributed by atoms with Crippen LogP contribution < -0.4 is 15.3 Å². The zero-order chi connectivity index (χ0) is 45.9. The highest BCUT2D eigenvalue weighted by Crippen LogP contribution is 2.47. The first-order valence-electron chi connectivity index (χ1n) is 22.4. The van der Waals surface area contributed by atoms with E-state index in [1.165, 1.54) is 0 Å². The predicted octanol–water partition coefficient (Wildman–Crippen LogP) is 13.0. The highest BCUT2D eigenvalue weighted by Gasteiger charge is 2.32. The van der Waals surface area contributed by atoms with E-state index in [4.69, 9.17) is 4.74 Å². The van der Waals surface area contributed by atoms with Gasteiger partial charge in [0.1, 0.15) is 29.3 Å². The smallest absolute Gasteiger partial charge is 0.178 e. The fraction of sp³-hybridized carbons (Fsp3) is 0.368. The minimum absolute atomic E-state index is 0.0849. The van der Waals surface area contributed by atoms with Gasteiger partial charge in [-0.1, -0.05) is 192 Å². The molecule has 5 nitrogen and oxygen atoms in total. The van der Waals surface area contributed by atoms with E-state index in [1.54, 1.807) is 0 Å². The van der Waals surface area contributed by atoms with E-state index in [-0.39, 0.29) is 45.3 Å². The molecule has 6 heteroatoms. The maximum Gasteiger partial charge on any atom is 0.178 e. The Labute approximate surface area is 376 Å². The van der Waals surface area contributed by atoms with Gasteiger partial charge in [0.05, 0.1) is 0 Å². The highest BCUT2D eigenvalue weighted by atomic mass is 31.2. The molecule has 0 saturated carbocycles. The third-order valence-electron chi connectivity index (χ3n) is 12.8. The summed E-state index contributed by atoms with van der Waals surface area (Å²) >= 11 is 0. The standard InChI is InChI=1S/C57H67O5P/c1-54(2,3)44-27-36-23-38-29-45(55(4,5)6)31-40(51(38)59)25-42-33-47(57(10,11)12)34-43(26-41-32-46(56(7,8)9)30-39(52(41)60)24-37(28-44)50(36)58)53(42)62-35-63(61,48-19-15-13-16-20-48)49-21-17-14-18-22-49/h13-22,27-34,58-60H,23-26,35H2,1-12H3. The molecule has 0 atom stereocenters. The van der Waals surface area contributed by atoms with E-state index < -0.39 is 7.14 Å². The van der Waals surface area contributed by atoms with Crippen LogP contribution in [0.15, 0.2) is 109 Å². The van der Waals surface area contributed by atoms with E-state index in [0.29, 0.717) is 42.0 Å². The SMILES string of the molecule is CC(C)(C)c1cc2c(O)c(c1)Cc1cc(C(C)(C)C)cc(c1O)Cc1cc(C(C)(C)C)cc(c1OCP(=O)(c1ccccc1)c1ccccc1)Cc1cc(C(C)(C)C)cc(c1O)C2. The molecule has 0 amide bonds. The molecule has 0 spiro atoms. The number of phenolic OH excluding ortho intramolecular Hbond substituents is 3. The van der Waals surface area contributed by atoms with Gasteiger partial charge in [-0.15, -0.1) is 0 Å². The number of hydrogen-bond donors (Lipinski definition) is 3. The van der Waals surface area contributed by atoms with Crippen molar-refractivity contribution >= 4 is 17.8 Å². The summed E-state index contributed by atoms with van der Waals surface area (Å²) in [6, 6.07) is 36.1. The largest absolute Gasteiger partial charge is 0.507 e. The molecular formula is C57H67O5P. The number of fused-ring (bicyclic) bond motifs is 8. The number of aromatic hydroxyl groups is 3. The first kappa shape index (κ1) is 45.8. The third-order valence-corrected chi connectivity index (χ3v) is 15.5. The van der Waals surface area contributed by atoms with Crippen LogP contribution in [0.3, 0.4) is 0 Å². The Morgan fingerprint density at radius 3 is 0.905 bits per heavy atom. The zero-order valence-corrected chi connectivity index (χ0v) is 40.4. The van der Waals surface area contributed by atoms with Crippen molar-refractivity contribution in [1.82, 2.24) is 0 Å². The Kier molecular flexibility index (Phi) is 12.1. The van der Waals surface area contributed by atoms with Crippen LogP contribution in [-0.4, -0.2) is 21.7 Å². The van der Waals surface area contributed by atoms with Crippen LogP contribution in [0.5, 0.6) is 23.0 Å². The van der Waals surface area contributed by atoms with Crippen LogP contribution in [-0.2, 0) is 51.9 Å². The summed E-state index contributed by atoms with van der Waals surface area (Å²) in [5, 5.41) is 38.5. The summed E-state index contributed by atoms with van der Waals surface area (Å²) < 4.78 is 22.7. The van der Waals surface area contributed by atoms with Gasteiger partial charge in [-0.2, -0.15) is 0 Å². The second-order valence-electron chi connectivity index (χ2n) is 21.9. The van der Waals surface area contributed by atoms with Crippen LogP contribution in [0, 0.1) is 0 Å². The second kappa shape index (κ2) is 16.7. The fourth-order valence-corrected chi connectivity index (χ4v) is 10.8. The summed E-state index contributed by atoms with van der Waals surface area (Å²) in [4.78, 5) is 0. The summed E-state index contributed by atoms with van der Waals surface area (Å²) in [5.74, 6) is 1.14. The van der Waals surface area contributed by atoms with Gasteiger partial charge < -0.3 is 24.6 Å². The molecule has 63 heavy (non-hydrogen) atoms. The summed E-state index contributed by atoms with van der Waals surface area (Å²) in [5.41, 5.74) is 9.40. The molecule has 0 radical (unpaired) electrons. The lowest BCUT2D eigenvalue weighted by atomic mass is 9.79. The minimum Gasteiger partial charge on any atom is -0.507 e. The van der Waals surface area contributed by atoms with Gasteiger partial charge in [0.25, 0.3) is 0 Å². The van der Waals surface area contributed by atoms with E-state index in [2.05, 4.69) is 132 Å². The zero-order valence-electron chi connectivity index (χ0n) is 39.5. The van der Waals surface area contributed by atoms with Gasteiger partial charge in [-0.05, 0) is 88.4 Å². The molecule has 330 valence electrons. The molecule has 3 N–H and O–H groups in total. The molecule has 0 aliphatic heterocycles. The lowest BCUT2D eigenvalue weighted by molar-refractivity contribution is 0.371. The van der Waals surface area contributed by atoms with Crippen LogP contribution in [0.1, 0.15) is 150 Å². The third kappa shape index (κ3) is 9.65. The lowest BCUT2D eigenvalue weighted by Crippen LogP contribution is -2.22. The molecule has 7 rings (SSSR count). The number of rotatable bonds is 5. The lowest BCUT2D eigenvalue weighted by Gasteiger charge is -2.28. The number of phenols is 3. The monoisotopic (exact) mass is 862 g/mol. The van der Waals surface area contributed by atoms with Gasteiger partial charge in [0.15, 0.2) is 7.14 Å². The molecule has 1 aliphatic rings. The van der Waals surface area contributed by atoms with Crippen LogP contribution in [0.25, 0.3) is 0 Å². The highest BCUT2D eigenvalue weighted by molar-refractivity contribution is 7.78. The molecule has 0 aromatic heterocycles. The van der Waals surface area contributed by atoms with Crippen molar-refractivity contribution < 1.29 is 24.6 Å². The first-order valence-corrected chi connectivity index (χ1v) is 24.3. The molecule has 0 saturated heterocycles. The first-order chi connectivity index (χ1) is 29.3. The Morgan fingerprint density at radius 2 is 0.651 bits per heavy atom. The fourth-order valence-electron chi connectivity index (χ4n) is 8.63. The minimum atomic E-state index is -3.33. The molecule has 0 fully saturated rings. The van der Waals surface area contributed by atoms with Gasteiger partial charge in [-0.25, -0.2) is 0 Å². The van der Waals surface area contributed by atoms with Crippen molar-refractivity contribution in [2.45, 2.75) is 130 Å². The quantitative estimate of drug-likeness (QED) is 0.150. The van der Waals surface area contributed by atoms with E-state index in [9.17, 15) is 15.3 Å². The van der Waals surface area contributed by atoms with Crippen molar-refractivity contribution in [3.05, 3.63) is 176 Å². The van der Waals surface area contributed by atoms with E-state index in [1.807, 2.05) is 60.7 Å². The second-order valence-corrected chi connectivity index (χ2v) is 24.7. The molecule has 6 aromatic carbocycles. The van der Waals surface area contributed by atoms with Gasteiger partial charge in [0, 0.05) is 36.3 Å². The summed E-state index contributed by atoms with van der Waals surface area (Å²) in [7, 11) is -3.33. The number of benzene rings is 6. The van der Waals surface area contributed by atoms with E-state index in [0.717, 1.165) is 66.8 Å². The van der Waals surface area contributed by atoms with Gasteiger partial charge in [0.2, 0.25) is 0 Å².